The van der Waals surface area contributed by atoms with E-state index in [2.05, 4.69) is 0 Å². The second kappa shape index (κ2) is 36.1. The first-order valence-corrected chi connectivity index (χ1v) is 7.28. The third-order valence-corrected chi connectivity index (χ3v) is 1.57. The molecule has 0 aliphatic heterocycles. The molecule has 0 saturated carbocycles. The minimum Gasteiger partial charge on any atom is -0.550 e. The Morgan fingerprint density at radius 1 is 0.375 bits per heavy atom. The van der Waals surface area contributed by atoms with Crippen LogP contribution in [0.3, 0.4) is 0 Å². The summed E-state index contributed by atoms with van der Waals surface area (Å²) < 4.78 is 0. The fourth-order valence-corrected chi connectivity index (χ4v) is 0.813. The minimum atomic E-state index is -1.31. The Bertz CT molecular complexity index is 454. The van der Waals surface area contributed by atoms with E-state index < -0.39 is 49.6 Å². The third-order valence-electron chi connectivity index (χ3n) is 1.57. The standard InChI is InChI=1S/4C4H6O3.4Na/c4*1-3(5)2-4(6)7;;;;/h4*2H2,1H3,(H,6,7);;;;/q;;;;4*+1/p-4. The number of ketones is 4. The average Bonchev–Trinajstić information content (AvgIpc) is 2.32. The van der Waals surface area contributed by atoms with Crippen molar-refractivity contribution in [1.29, 1.82) is 0 Å². The monoisotopic (exact) mass is 496 g/mol. The average molecular weight is 496 g/mol. The van der Waals surface area contributed by atoms with Gasteiger partial charge >= 0.3 is 118 Å². The summed E-state index contributed by atoms with van der Waals surface area (Å²) in [6.45, 7) is 4.82. The largest absolute Gasteiger partial charge is 1.00 e. The summed E-state index contributed by atoms with van der Waals surface area (Å²) in [6, 6.07) is 0. The van der Waals surface area contributed by atoms with E-state index in [1.165, 1.54) is 27.7 Å². The molecule has 0 bridgehead atoms. The van der Waals surface area contributed by atoms with Crippen LogP contribution in [-0.2, 0) is 38.4 Å². The van der Waals surface area contributed by atoms with Gasteiger partial charge in [-0.25, -0.2) is 0 Å². The van der Waals surface area contributed by atoms with Gasteiger partial charge in [0.15, 0.2) is 0 Å². The first-order chi connectivity index (χ1) is 12.5. The number of carbonyl (C=O) groups is 8. The molecule has 0 aromatic rings. The second-order valence-electron chi connectivity index (χ2n) is 5.00. The summed E-state index contributed by atoms with van der Waals surface area (Å²) in [5.41, 5.74) is 0. The first-order valence-electron chi connectivity index (χ1n) is 7.28. The van der Waals surface area contributed by atoms with Crippen LogP contribution < -0.4 is 139 Å². The van der Waals surface area contributed by atoms with Crippen LogP contribution in [-0.4, -0.2) is 47.0 Å². The quantitative estimate of drug-likeness (QED) is 0.225. The minimum absolute atomic E-state index is 0. The Hall–Kier alpha value is 0.560. The second-order valence-corrected chi connectivity index (χ2v) is 5.00. The van der Waals surface area contributed by atoms with Gasteiger partial charge in [0.1, 0.15) is 23.1 Å². The molecule has 12 nitrogen and oxygen atoms in total. The van der Waals surface area contributed by atoms with Gasteiger partial charge in [-0.15, -0.1) is 0 Å². The number of rotatable bonds is 8. The maximum absolute atomic E-state index is 9.83. The molecule has 0 radical (unpaired) electrons. The van der Waals surface area contributed by atoms with Crippen LogP contribution in [0.4, 0.5) is 0 Å². The molecule has 0 aromatic heterocycles. The Morgan fingerprint density at radius 3 is 0.469 bits per heavy atom. The fraction of sp³-hybridized carbons (Fsp3) is 0.500. The van der Waals surface area contributed by atoms with Gasteiger partial charge in [-0.1, -0.05) is 0 Å². The molecule has 0 rings (SSSR count). The molecule has 160 valence electrons. The number of hydrogen-bond donors (Lipinski definition) is 0. The van der Waals surface area contributed by atoms with Gasteiger partial charge in [0.2, 0.25) is 0 Å². The summed E-state index contributed by atoms with van der Waals surface area (Å²) in [7, 11) is 0. The zero-order chi connectivity index (χ0) is 23.4. The van der Waals surface area contributed by atoms with Gasteiger partial charge < -0.3 is 39.6 Å². The van der Waals surface area contributed by atoms with E-state index in [0.717, 1.165) is 0 Å². The molecule has 0 aromatic carbocycles. The smallest absolute Gasteiger partial charge is 0.550 e. The van der Waals surface area contributed by atoms with Crippen molar-refractivity contribution in [2.75, 3.05) is 0 Å². The summed E-state index contributed by atoms with van der Waals surface area (Å²) in [5, 5.41) is 37.9. The van der Waals surface area contributed by atoms with Crippen molar-refractivity contribution in [3.63, 3.8) is 0 Å². The van der Waals surface area contributed by atoms with Gasteiger partial charge in [0.25, 0.3) is 0 Å². The Labute approximate surface area is 273 Å². The van der Waals surface area contributed by atoms with Crippen LogP contribution in [0.25, 0.3) is 0 Å². The predicted molar refractivity (Wildman–Crippen MR) is 81.2 cm³/mol. The third kappa shape index (κ3) is 97.4. The summed E-state index contributed by atoms with van der Waals surface area (Å²) >= 11 is 0. The van der Waals surface area contributed by atoms with Crippen molar-refractivity contribution in [2.24, 2.45) is 0 Å². The number of aliphatic carboxylic acids is 4. The van der Waals surface area contributed by atoms with Crippen LogP contribution in [0, 0.1) is 0 Å². The normalized spacial score (nSPS) is 7.12. The van der Waals surface area contributed by atoms with E-state index in [0.29, 0.717) is 0 Å². The van der Waals surface area contributed by atoms with Crippen LogP contribution in [0.1, 0.15) is 53.4 Å². The molecule has 16 heteroatoms. The topological polar surface area (TPSA) is 229 Å². The van der Waals surface area contributed by atoms with Crippen LogP contribution >= 0.6 is 0 Å². The van der Waals surface area contributed by atoms with Crippen molar-refractivity contribution >= 4 is 47.0 Å². The van der Waals surface area contributed by atoms with Crippen molar-refractivity contribution < 1.29 is 177 Å². The van der Waals surface area contributed by atoms with E-state index in [1.807, 2.05) is 0 Å². The van der Waals surface area contributed by atoms with Gasteiger partial charge in [-0.2, -0.15) is 0 Å². The zero-order valence-electron chi connectivity index (χ0n) is 19.7. The van der Waals surface area contributed by atoms with Gasteiger partial charge in [-0.3, -0.25) is 19.2 Å². The molecular weight excluding hydrogens is 476 g/mol. The molecule has 0 fully saturated rings. The summed E-state index contributed by atoms with van der Waals surface area (Å²) in [5.74, 6) is -6.75. The molecular formula is C16H20Na4O12. The maximum atomic E-state index is 9.83. The molecule has 0 spiro atoms. The Balaban J connectivity index is -0.0000000384. The summed E-state index contributed by atoms with van der Waals surface area (Å²) in [4.78, 5) is 77.2. The van der Waals surface area contributed by atoms with Crippen molar-refractivity contribution in [1.82, 2.24) is 0 Å². The summed E-state index contributed by atoms with van der Waals surface area (Å²) in [6.07, 6.45) is -1.89. The van der Waals surface area contributed by atoms with E-state index in [9.17, 15) is 58.8 Å². The Morgan fingerprint density at radius 2 is 0.469 bits per heavy atom. The van der Waals surface area contributed by atoms with Crippen molar-refractivity contribution in [3.05, 3.63) is 0 Å². The number of carboxylic acids is 4. The van der Waals surface area contributed by atoms with Crippen LogP contribution in [0.2, 0.25) is 0 Å². The first kappa shape index (κ1) is 53.8. The molecule has 0 aliphatic carbocycles. The molecule has 0 amide bonds. The van der Waals surface area contributed by atoms with E-state index >= 15 is 0 Å². The number of Topliss-reactive ketones (excluding diaryl/α,β-unsaturated/α-hetero) is 4. The molecule has 0 aliphatic rings. The SMILES string of the molecule is CC(=O)CC(=O)[O-].CC(=O)CC(=O)[O-].CC(=O)CC(=O)[O-].CC(=O)CC(=O)[O-].[Na+].[Na+].[Na+].[Na+]. The number of hydrogen-bond acceptors (Lipinski definition) is 12. The molecule has 0 unspecified atom stereocenters. The van der Waals surface area contributed by atoms with Crippen LogP contribution in [0.5, 0.6) is 0 Å². The zero-order valence-corrected chi connectivity index (χ0v) is 27.7. The van der Waals surface area contributed by atoms with Gasteiger partial charge in [0.05, 0.1) is 0 Å². The van der Waals surface area contributed by atoms with Crippen molar-refractivity contribution in [2.45, 2.75) is 53.4 Å². The van der Waals surface area contributed by atoms with Crippen LogP contribution in [0.15, 0.2) is 0 Å². The van der Waals surface area contributed by atoms with E-state index in [-0.39, 0.29) is 141 Å². The number of carbonyl (C=O) groups excluding carboxylic acids is 8. The van der Waals surface area contributed by atoms with Gasteiger partial charge in [-0.05, 0) is 27.7 Å². The van der Waals surface area contributed by atoms with Crippen molar-refractivity contribution in [3.8, 4) is 0 Å². The predicted octanol–water partition coefficient (Wildman–Crippen LogP) is -17.1. The molecule has 0 N–H and O–H groups in total. The van der Waals surface area contributed by atoms with E-state index in [1.54, 1.807) is 0 Å². The molecule has 0 atom stereocenters. The molecule has 0 heterocycles. The maximum Gasteiger partial charge on any atom is 1.00 e. The molecule has 32 heavy (non-hydrogen) atoms. The molecule has 0 saturated heterocycles. The fourth-order valence-electron chi connectivity index (χ4n) is 0.813. The Kier molecular flexibility index (Phi) is 60.7. The van der Waals surface area contributed by atoms with Gasteiger partial charge in [0, 0.05) is 49.6 Å². The number of carboxylic acid groups (broad SMARTS) is 4. The van der Waals surface area contributed by atoms with E-state index in [4.69, 9.17) is 0 Å².